The van der Waals surface area contributed by atoms with E-state index in [4.69, 9.17) is 0 Å². The lowest BCUT2D eigenvalue weighted by molar-refractivity contribution is -0.800. The Balaban J connectivity index is 0.00000128. The van der Waals surface area contributed by atoms with E-state index in [1.54, 1.807) is 0 Å². The maximum Gasteiger partial charge on any atom is 0.116 e. The Morgan fingerprint density at radius 2 is 2.00 bits per heavy atom. The first-order valence-electron chi connectivity index (χ1n) is 5.30. The molecule has 0 amide bonds. The molecule has 0 bridgehead atoms. The smallest absolute Gasteiger partial charge is 0.116 e. The van der Waals surface area contributed by atoms with Crippen molar-refractivity contribution in [3.63, 3.8) is 0 Å². The molecule has 1 unspecified atom stereocenters. The second-order valence-electron chi connectivity index (χ2n) is 4.07. The van der Waals surface area contributed by atoms with Gasteiger partial charge in [-0.05, 0) is 18.2 Å². The molecular formula is C13H17IN2. The zero-order chi connectivity index (χ0) is 10.6. The number of para-hydroxylation sites is 1. The van der Waals surface area contributed by atoms with E-state index >= 15 is 0 Å². The summed E-state index contributed by atoms with van der Waals surface area (Å²) >= 11 is 0. The van der Waals surface area contributed by atoms with E-state index in [0.717, 1.165) is 16.7 Å². The molecule has 1 N–H and O–H groups in total. The van der Waals surface area contributed by atoms with Crippen LogP contribution in [0.3, 0.4) is 0 Å². The normalized spacial score (nSPS) is 23.3. The Morgan fingerprint density at radius 1 is 1.25 bits per heavy atom. The van der Waals surface area contributed by atoms with Gasteiger partial charge in [-0.25, -0.2) is 0 Å². The highest BCUT2D eigenvalue weighted by Crippen LogP contribution is 2.14. The lowest BCUT2D eigenvalue weighted by Gasteiger charge is -2.20. The van der Waals surface area contributed by atoms with E-state index in [-0.39, 0.29) is 24.0 Å². The molecule has 0 aliphatic carbocycles. The van der Waals surface area contributed by atoms with Crippen LogP contribution in [0.2, 0.25) is 0 Å². The van der Waals surface area contributed by atoms with Crippen molar-refractivity contribution >= 4 is 5.69 Å². The minimum Gasteiger partial charge on any atom is -1.00 e. The summed E-state index contributed by atoms with van der Waals surface area (Å²) in [5, 5.41) is 3.27. The van der Waals surface area contributed by atoms with Gasteiger partial charge in [0.15, 0.2) is 0 Å². The molecule has 0 aromatic heterocycles. The number of nitrogens with one attached hydrogen (secondary N) is 1. The van der Waals surface area contributed by atoms with Crippen molar-refractivity contribution in [1.82, 2.24) is 0 Å². The molecule has 1 aliphatic heterocycles. The van der Waals surface area contributed by atoms with Gasteiger partial charge in [-0.2, -0.15) is 0 Å². The molecule has 86 valence electrons. The Kier molecular flexibility index (Phi) is 5.02. The molecule has 3 heteroatoms. The molecule has 0 radical (unpaired) electrons. The number of quaternary nitrogens is 1. The minimum absolute atomic E-state index is 0. The monoisotopic (exact) mass is 328 g/mol. The summed E-state index contributed by atoms with van der Waals surface area (Å²) in [6, 6.07) is 10.2. The zero-order valence-electron chi connectivity index (χ0n) is 9.44. The minimum atomic E-state index is 0. The molecule has 1 aliphatic rings. The Bertz CT molecular complexity index is 373. The third kappa shape index (κ3) is 3.64. The van der Waals surface area contributed by atoms with Crippen LogP contribution < -0.4 is 29.3 Å². The maximum atomic E-state index is 3.27. The quantitative estimate of drug-likeness (QED) is 0.606. The topological polar surface area (TPSA) is 12.0 Å². The first-order valence-corrected chi connectivity index (χ1v) is 5.30. The highest BCUT2D eigenvalue weighted by Gasteiger charge is 2.18. The molecular weight excluding hydrogens is 311 g/mol. The first-order chi connectivity index (χ1) is 7.29. The molecule has 0 saturated carbocycles. The van der Waals surface area contributed by atoms with Gasteiger partial charge < -0.3 is 29.3 Å². The number of halogens is 1. The van der Waals surface area contributed by atoms with Crippen molar-refractivity contribution in [3.05, 3.63) is 55.0 Å². The molecule has 16 heavy (non-hydrogen) atoms. The fourth-order valence-electron chi connectivity index (χ4n) is 1.70. The van der Waals surface area contributed by atoms with E-state index in [1.165, 1.54) is 6.42 Å². The summed E-state index contributed by atoms with van der Waals surface area (Å²) in [5.41, 5.74) is 1.13. The standard InChI is InChI=1S/C13H17N2.HI/c1-15(10-5-6-11-15)12-9-14-13-7-3-2-4-8-13;/h2-5,7-10,12,14H,6,11H2,1H3;1H/q+1;/p-1. The summed E-state index contributed by atoms with van der Waals surface area (Å²) < 4.78 is 0.889. The van der Waals surface area contributed by atoms with Crippen molar-refractivity contribution in [3.8, 4) is 0 Å². The van der Waals surface area contributed by atoms with Crippen LogP contribution in [-0.2, 0) is 0 Å². The third-order valence-electron chi connectivity index (χ3n) is 2.66. The van der Waals surface area contributed by atoms with Gasteiger partial charge in [-0.15, -0.1) is 0 Å². The van der Waals surface area contributed by atoms with Crippen LogP contribution in [0, 0.1) is 0 Å². The summed E-state index contributed by atoms with van der Waals surface area (Å²) in [4.78, 5) is 0. The van der Waals surface area contributed by atoms with E-state index in [1.807, 2.05) is 24.4 Å². The zero-order valence-corrected chi connectivity index (χ0v) is 11.6. The molecule has 1 aromatic rings. The van der Waals surface area contributed by atoms with Gasteiger partial charge in [0.25, 0.3) is 0 Å². The average molecular weight is 328 g/mol. The average Bonchev–Trinajstić information content (AvgIpc) is 2.67. The number of hydrogen-bond donors (Lipinski definition) is 1. The number of hydrogen-bond acceptors (Lipinski definition) is 1. The largest absolute Gasteiger partial charge is 1.00 e. The van der Waals surface area contributed by atoms with Crippen LogP contribution in [0.5, 0.6) is 0 Å². The van der Waals surface area contributed by atoms with Crippen LogP contribution in [-0.4, -0.2) is 18.1 Å². The van der Waals surface area contributed by atoms with Gasteiger partial charge in [-0.1, -0.05) is 18.2 Å². The molecule has 0 spiro atoms. The fraction of sp³-hybridized carbons (Fsp3) is 0.231. The number of nitrogens with zero attached hydrogens (tertiary/aromatic N) is 1. The first kappa shape index (κ1) is 13.3. The van der Waals surface area contributed by atoms with E-state index in [0.29, 0.717) is 0 Å². The lowest BCUT2D eigenvalue weighted by Crippen LogP contribution is -3.00. The second-order valence-corrected chi connectivity index (χ2v) is 4.07. The summed E-state index contributed by atoms with van der Waals surface area (Å²) in [6.45, 7) is 1.16. The van der Waals surface area contributed by atoms with E-state index < -0.39 is 0 Å². The molecule has 2 nitrogen and oxygen atoms in total. The van der Waals surface area contributed by atoms with Gasteiger partial charge in [0.05, 0.1) is 26.0 Å². The van der Waals surface area contributed by atoms with Crippen molar-refractivity contribution in [2.45, 2.75) is 6.42 Å². The predicted molar refractivity (Wildman–Crippen MR) is 64.0 cm³/mol. The third-order valence-corrected chi connectivity index (χ3v) is 2.66. The van der Waals surface area contributed by atoms with Gasteiger partial charge in [0.1, 0.15) is 6.20 Å². The lowest BCUT2D eigenvalue weighted by atomic mass is 10.3. The van der Waals surface area contributed by atoms with E-state index in [9.17, 15) is 0 Å². The second kappa shape index (κ2) is 6.06. The predicted octanol–water partition coefficient (Wildman–Crippen LogP) is -0.0623. The van der Waals surface area contributed by atoms with Crippen LogP contribution in [0.25, 0.3) is 0 Å². The summed E-state index contributed by atoms with van der Waals surface area (Å²) in [5.74, 6) is 0. The number of anilines is 1. The van der Waals surface area contributed by atoms with Crippen molar-refractivity contribution < 1.29 is 28.5 Å². The van der Waals surface area contributed by atoms with Crippen LogP contribution in [0.4, 0.5) is 5.69 Å². The van der Waals surface area contributed by atoms with Gasteiger partial charge in [0, 0.05) is 12.1 Å². The fourth-order valence-corrected chi connectivity index (χ4v) is 1.70. The van der Waals surface area contributed by atoms with Crippen molar-refractivity contribution in [2.24, 2.45) is 0 Å². The highest BCUT2D eigenvalue weighted by molar-refractivity contribution is 5.44. The maximum absolute atomic E-state index is 3.27. The van der Waals surface area contributed by atoms with Gasteiger partial charge in [0.2, 0.25) is 0 Å². The number of benzene rings is 1. The summed E-state index contributed by atoms with van der Waals surface area (Å²) in [6.07, 6.45) is 9.82. The van der Waals surface area contributed by atoms with Gasteiger partial charge >= 0.3 is 0 Å². The van der Waals surface area contributed by atoms with Crippen LogP contribution >= 0.6 is 0 Å². The highest BCUT2D eigenvalue weighted by atomic mass is 127. The molecule has 0 saturated heterocycles. The Hall–Kier alpha value is -0.810. The van der Waals surface area contributed by atoms with Crippen molar-refractivity contribution in [2.75, 3.05) is 18.9 Å². The SMILES string of the molecule is C[N+]1(C=CNc2ccccc2)C=CCC1.[I-]. The Morgan fingerprint density at radius 3 is 2.62 bits per heavy atom. The summed E-state index contributed by atoms with van der Waals surface area (Å²) in [7, 11) is 2.20. The van der Waals surface area contributed by atoms with E-state index in [2.05, 4.69) is 43.0 Å². The molecule has 1 aromatic carbocycles. The number of rotatable bonds is 3. The molecule has 2 rings (SSSR count). The molecule has 1 atom stereocenters. The van der Waals surface area contributed by atoms with Gasteiger partial charge in [-0.3, -0.25) is 4.48 Å². The molecule has 0 fully saturated rings. The molecule has 1 heterocycles. The van der Waals surface area contributed by atoms with Crippen LogP contribution in [0.1, 0.15) is 6.42 Å². The van der Waals surface area contributed by atoms with Crippen molar-refractivity contribution in [1.29, 1.82) is 0 Å². The Labute approximate surface area is 114 Å². The van der Waals surface area contributed by atoms with Crippen LogP contribution in [0.15, 0.2) is 55.0 Å².